The van der Waals surface area contributed by atoms with Gasteiger partial charge in [0.2, 0.25) is 5.92 Å². The Morgan fingerprint density at radius 1 is 1.33 bits per heavy atom. The third-order valence-corrected chi connectivity index (χ3v) is 4.86. The van der Waals surface area contributed by atoms with Crippen molar-refractivity contribution in [2.24, 2.45) is 0 Å². The van der Waals surface area contributed by atoms with Crippen LogP contribution in [0.3, 0.4) is 0 Å². The quantitative estimate of drug-likeness (QED) is 0.791. The molecule has 1 aromatic rings. The molecule has 0 heterocycles. The molecule has 0 unspecified atom stereocenters. The minimum absolute atomic E-state index is 0.0401. The zero-order valence-corrected chi connectivity index (χ0v) is 14.0. The lowest BCUT2D eigenvalue weighted by atomic mass is 9.94. The molecule has 0 aliphatic heterocycles. The number of hydrogen-bond donors (Lipinski definition) is 0. The number of alkyl halides is 2. The highest BCUT2D eigenvalue weighted by Crippen LogP contribution is 2.36. The Morgan fingerprint density at radius 2 is 1.95 bits per heavy atom. The largest absolute Gasteiger partial charge is 0.489 e. The number of ether oxygens (including phenoxy) is 1. The third kappa shape index (κ3) is 5.21. The van der Waals surface area contributed by atoms with Crippen LogP contribution in [0.25, 0.3) is 0 Å². The van der Waals surface area contributed by atoms with Gasteiger partial charge in [0.25, 0.3) is 0 Å². The standard InChI is InChI=1S/C14H17BrF2O3S/c1-21(18,19)9-10-2-3-13(12(15)8-10)20-11-4-6-14(16,17)7-5-11/h2-3,8,11H,4-7,9H2,1H3. The maximum absolute atomic E-state index is 13.1. The van der Waals surface area contributed by atoms with Crippen molar-refractivity contribution in [1.82, 2.24) is 0 Å². The van der Waals surface area contributed by atoms with Crippen LogP contribution in [0.4, 0.5) is 8.78 Å². The fourth-order valence-corrected chi connectivity index (χ4v) is 3.65. The van der Waals surface area contributed by atoms with E-state index in [-0.39, 0.29) is 24.7 Å². The zero-order valence-electron chi connectivity index (χ0n) is 11.6. The Hall–Kier alpha value is -0.690. The van der Waals surface area contributed by atoms with Crippen LogP contribution in [0, 0.1) is 0 Å². The van der Waals surface area contributed by atoms with E-state index in [1.807, 2.05) is 0 Å². The van der Waals surface area contributed by atoms with Gasteiger partial charge in [0.15, 0.2) is 9.84 Å². The van der Waals surface area contributed by atoms with E-state index in [0.29, 0.717) is 28.6 Å². The van der Waals surface area contributed by atoms with Crippen molar-refractivity contribution in [3.63, 3.8) is 0 Å². The van der Waals surface area contributed by atoms with Crippen molar-refractivity contribution < 1.29 is 21.9 Å². The second kappa shape index (κ2) is 6.20. The van der Waals surface area contributed by atoms with Crippen LogP contribution >= 0.6 is 15.9 Å². The first-order valence-electron chi connectivity index (χ1n) is 6.65. The smallest absolute Gasteiger partial charge is 0.248 e. The molecule has 1 aliphatic rings. The van der Waals surface area contributed by atoms with Gasteiger partial charge in [-0.05, 0) is 46.5 Å². The van der Waals surface area contributed by atoms with Gasteiger partial charge in [-0.3, -0.25) is 0 Å². The van der Waals surface area contributed by atoms with E-state index in [0.717, 1.165) is 0 Å². The predicted molar refractivity (Wildman–Crippen MR) is 80.5 cm³/mol. The Kier molecular flexibility index (Phi) is 4.92. The van der Waals surface area contributed by atoms with Crippen LogP contribution in [0.1, 0.15) is 31.2 Å². The van der Waals surface area contributed by atoms with Gasteiger partial charge in [0, 0.05) is 19.1 Å². The number of benzene rings is 1. The SMILES string of the molecule is CS(=O)(=O)Cc1ccc(OC2CCC(F)(F)CC2)c(Br)c1. The van der Waals surface area contributed by atoms with Crippen LogP contribution < -0.4 is 4.74 Å². The van der Waals surface area contributed by atoms with E-state index in [9.17, 15) is 17.2 Å². The van der Waals surface area contributed by atoms with Crippen molar-refractivity contribution in [3.05, 3.63) is 28.2 Å². The minimum Gasteiger partial charge on any atom is -0.489 e. The molecule has 1 fully saturated rings. The molecule has 118 valence electrons. The van der Waals surface area contributed by atoms with E-state index in [2.05, 4.69) is 15.9 Å². The van der Waals surface area contributed by atoms with E-state index in [4.69, 9.17) is 4.74 Å². The Balaban J connectivity index is 2.02. The van der Waals surface area contributed by atoms with Gasteiger partial charge < -0.3 is 4.74 Å². The van der Waals surface area contributed by atoms with Crippen molar-refractivity contribution in [2.75, 3.05) is 6.26 Å². The maximum Gasteiger partial charge on any atom is 0.248 e. The van der Waals surface area contributed by atoms with Crippen LogP contribution in [-0.2, 0) is 15.6 Å². The average molecular weight is 383 g/mol. The summed E-state index contributed by atoms with van der Waals surface area (Å²) in [5.41, 5.74) is 0.659. The molecule has 7 heteroatoms. The second-order valence-electron chi connectivity index (χ2n) is 5.51. The van der Waals surface area contributed by atoms with Crippen molar-refractivity contribution in [3.8, 4) is 5.75 Å². The summed E-state index contributed by atoms with van der Waals surface area (Å²) in [5, 5.41) is 0. The van der Waals surface area contributed by atoms with Gasteiger partial charge in [-0.25, -0.2) is 17.2 Å². The molecule has 21 heavy (non-hydrogen) atoms. The molecule has 0 atom stereocenters. The van der Waals surface area contributed by atoms with Gasteiger partial charge in [0.1, 0.15) is 5.75 Å². The molecule has 0 spiro atoms. The van der Waals surface area contributed by atoms with E-state index in [1.54, 1.807) is 18.2 Å². The first-order chi connectivity index (χ1) is 9.65. The number of hydrogen-bond acceptors (Lipinski definition) is 3. The van der Waals surface area contributed by atoms with Gasteiger partial charge in [0.05, 0.1) is 16.3 Å². The Bertz CT molecular complexity index is 607. The van der Waals surface area contributed by atoms with Crippen molar-refractivity contribution >= 4 is 25.8 Å². The zero-order chi connectivity index (χ0) is 15.7. The summed E-state index contributed by atoms with van der Waals surface area (Å²) in [6.45, 7) is 0. The highest BCUT2D eigenvalue weighted by molar-refractivity contribution is 9.10. The summed E-state index contributed by atoms with van der Waals surface area (Å²) >= 11 is 3.34. The third-order valence-electron chi connectivity index (χ3n) is 3.38. The van der Waals surface area contributed by atoms with Crippen molar-refractivity contribution in [2.45, 2.75) is 43.5 Å². The first kappa shape index (κ1) is 16.7. The maximum atomic E-state index is 13.1. The number of sulfone groups is 1. The molecule has 0 amide bonds. The lowest BCUT2D eigenvalue weighted by molar-refractivity contribution is -0.0583. The molecule has 0 radical (unpaired) electrons. The van der Waals surface area contributed by atoms with Gasteiger partial charge in [-0.1, -0.05) is 6.07 Å². The molecule has 1 saturated carbocycles. The van der Waals surface area contributed by atoms with Crippen LogP contribution in [0.2, 0.25) is 0 Å². The number of rotatable bonds is 4. The lowest BCUT2D eigenvalue weighted by Crippen LogP contribution is -2.30. The molecule has 1 aliphatic carbocycles. The predicted octanol–water partition coefficient (Wildman–Crippen LogP) is 3.95. The molecule has 0 bridgehead atoms. The molecule has 0 saturated heterocycles. The Labute approximate surface area is 131 Å². The van der Waals surface area contributed by atoms with Gasteiger partial charge >= 0.3 is 0 Å². The highest BCUT2D eigenvalue weighted by atomic mass is 79.9. The summed E-state index contributed by atoms with van der Waals surface area (Å²) in [6.07, 6.45) is 1.30. The topological polar surface area (TPSA) is 43.4 Å². The molecule has 0 aromatic heterocycles. The summed E-state index contributed by atoms with van der Waals surface area (Å²) in [4.78, 5) is 0. The summed E-state index contributed by atoms with van der Waals surface area (Å²) in [7, 11) is -3.09. The monoisotopic (exact) mass is 382 g/mol. The minimum atomic E-state index is -3.09. The molecule has 1 aromatic carbocycles. The van der Waals surface area contributed by atoms with E-state index < -0.39 is 15.8 Å². The van der Waals surface area contributed by atoms with Crippen molar-refractivity contribution in [1.29, 1.82) is 0 Å². The molecule has 3 nitrogen and oxygen atoms in total. The average Bonchev–Trinajstić information content (AvgIpc) is 2.33. The van der Waals surface area contributed by atoms with Crippen LogP contribution in [0.15, 0.2) is 22.7 Å². The summed E-state index contributed by atoms with van der Waals surface area (Å²) in [6, 6.07) is 5.05. The fraction of sp³-hybridized carbons (Fsp3) is 0.571. The normalized spacial score (nSPS) is 19.4. The lowest BCUT2D eigenvalue weighted by Gasteiger charge is -2.29. The summed E-state index contributed by atoms with van der Waals surface area (Å²) < 4.78 is 55.1. The highest BCUT2D eigenvalue weighted by Gasteiger charge is 2.35. The fourth-order valence-electron chi connectivity index (χ4n) is 2.34. The number of halogens is 3. The van der Waals surface area contributed by atoms with E-state index in [1.165, 1.54) is 6.26 Å². The molecular weight excluding hydrogens is 366 g/mol. The first-order valence-corrected chi connectivity index (χ1v) is 9.51. The molecular formula is C14H17BrF2O3S. The van der Waals surface area contributed by atoms with Crippen LogP contribution in [0.5, 0.6) is 5.75 Å². The van der Waals surface area contributed by atoms with Gasteiger partial charge in [-0.2, -0.15) is 0 Å². The molecule has 2 rings (SSSR count). The van der Waals surface area contributed by atoms with Gasteiger partial charge in [-0.15, -0.1) is 0 Å². The Morgan fingerprint density at radius 3 is 2.48 bits per heavy atom. The van der Waals surface area contributed by atoms with Crippen LogP contribution in [-0.4, -0.2) is 26.7 Å². The second-order valence-corrected chi connectivity index (χ2v) is 8.50. The van der Waals surface area contributed by atoms with E-state index >= 15 is 0 Å². The molecule has 0 N–H and O–H groups in total. The summed E-state index contributed by atoms with van der Waals surface area (Å²) in [5.74, 6) is -2.06.